The number of hydrogen-bond acceptors (Lipinski definition) is 2. The maximum absolute atomic E-state index is 4.31. The molecular weight excluding hydrogens is 258 g/mol. The number of thiazole rings is 1. The lowest BCUT2D eigenvalue weighted by Crippen LogP contribution is -1.81. The van der Waals surface area contributed by atoms with Crippen molar-refractivity contribution in [2.75, 3.05) is 0 Å². The second kappa shape index (κ2) is 4.24. The van der Waals surface area contributed by atoms with Crippen LogP contribution in [-0.4, -0.2) is 4.98 Å². The Kier molecular flexibility index (Phi) is 2.99. The van der Waals surface area contributed by atoms with Crippen LogP contribution in [0, 0.1) is 0 Å². The Hall–Kier alpha value is -0.670. The SMILES string of the molecule is CCc1ccc(-c2ncsc2Br)cc1. The smallest absolute Gasteiger partial charge is 0.0976 e. The van der Waals surface area contributed by atoms with Gasteiger partial charge in [0.05, 0.1) is 15.0 Å². The highest BCUT2D eigenvalue weighted by molar-refractivity contribution is 9.11. The van der Waals surface area contributed by atoms with Gasteiger partial charge in [0, 0.05) is 5.56 Å². The van der Waals surface area contributed by atoms with E-state index in [0.29, 0.717) is 0 Å². The molecule has 0 saturated heterocycles. The molecule has 2 rings (SSSR count). The summed E-state index contributed by atoms with van der Waals surface area (Å²) in [7, 11) is 0. The van der Waals surface area contributed by atoms with E-state index in [0.717, 1.165) is 15.9 Å². The third-order valence-corrected chi connectivity index (χ3v) is 3.71. The lowest BCUT2D eigenvalue weighted by atomic mass is 10.1. The first-order chi connectivity index (χ1) is 6.81. The van der Waals surface area contributed by atoms with Crippen LogP contribution in [0.1, 0.15) is 12.5 Å². The van der Waals surface area contributed by atoms with E-state index in [9.17, 15) is 0 Å². The van der Waals surface area contributed by atoms with Crippen molar-refractivity contribution in [1.29, 1.82) is 0 Å². The molecule has 1 aromatic carbocycles. The van der Waals surface area contributed by atoms with Gasteiger partial charge in [-0.05, 0) is 27.9 Å². The standard InChI is InChI=1S/C11H10BrNS/c1-2-8-3-5-9(6-4-8)10-11(12)14-7-13-10/h3-7H,2H2,1H3. The van der Waals surface area contributed by atoms with E-state index in [-0.39, 0.29) is 0 Å². The van der Waals surface area contributed by atoms with Gasteiger partial charge in [-0.3, -0.25) is 0 Å². The number of rotatable bonds is 2. The lowest BCUT2D eigenvalue weighted by molar-refractivity contribution is 1.14. The van der Waals surface area contributed by atoms with Crippen LogP contribution in [0.3, 0.4) is 0 Å². The van der Waals surface area contributed by atoms with Crippen molar-refractivity contribution >= 4 is 27.3 Å². The predicted octanol–water partition coefficient (Wildman–Crippen LogP) is 4.14. The monoisotopic (exact) mass is 267 g/mol. The molecule has 0 radical (unpaired) electrons. The summed E-state index contributed by atoms with van der Waals surface area (Å²) in [6, 6.07) is 8.56. The summed E-state index contributed by atoms with van der Waals surface area (Å²) in [5, 5.41) is 0. The van der Waals surface area contributed by atoms with E-state index in [2.05, 4.69) is 52.1 Å². The third-order valence-electron chi connectivity index (χ3n) is 2.16. The minimum absolute atomic E-state index is 1.04. The number of aryl methyl sites for hydroxylation is 1. The van der Waals surface area contributed by atoms with Crippen molar-refractivity contribution in [3.8, 4) is 11.3 Å². The molecule has 0 unspecified atom stereocenters. The van der Waals surface area contributed by atoms with Crippen LogP contribution in [0.25, 0.3) is 11.3 Å². The van der Waals surface area contributed by atoms with Gasteiger partial charge in [-0.2, -0.15) is 0 Å². The van der Waals surface area contributed by atoms with Crippen molar-refractivity contribution in [3.05, 3.63) is 39.1 Å². The normalized spacial score (nSPS) is 10.4. The first-order valence-electron chi connectivity index (χ1n) is 4.49. The maximum atomic E-state index is 4.31. The van der Waals surface area contributed by atoms with E-state index in [1.165, 1.54) is 11.1 Å². The van der Waals surface area contributed by atoms with Crippen LogP contribution < -0.4 is 0 Å². The summed E-state index contributed by atoms with van der Waals surface area (Å²) < 4.78 is 1.10. The van der Waals surface area contributed by atoms with Gasteiger partial charge in [0.1, 0.15) is 0 Å². The zero-order valence-corrected chi connectivity index (χ0v) is 10.2. The Labute approximate surface area is 95.9 Å². The third kappa shape index (κ3) is 1.88. The van der Waals surface area contributed by atoms with Crippen LogP contribution in [0.2, 0.25) is 0 Å². The number of nitrogens with zero attached hydrogens (tertiary/aromatic N) is 1. The van der Waals surface area contributed by atoms with Gasteiger partial charge in [0.2, 0.25) is 0 Å². The second-order valence-corrected chi connectivity index (χ2v) is 5.20. The summed E-state index contributed by atoms with van der Waals surface area (Å²) in [5.74, 6) is 0. The Morgan fingerprint density at radius 1 is 1.29 bits per heavy atom. The Bertz CT molecular complexity index is 419. The van der Waals surface area contributed by atoms with Crippen LogP contribution in [0.5, 0.6) is 0 Å². The molecule has 2 aromatic rings. The molecule has 1 heterocycles. The first-order valence-corrected chi connectivity index (χ1v) is 6.17. The number of benzene rings is 1. The summed E-state index contributed by atoms with van der Waals surface area (Å²) >= 11 is 5.11. The second-order valence-electron chi connectivity index (χ2n) is 3.03. The molecule has 0 atom stereocenters. The van der Waals surface area contributed by atoms with Crippen molar-refractivity contribution in [1.82, 2.24) is 4.98 Å². The predicted molar refractivity (Wildman–Crippen MR) is 64.6 cm³/mol. The highest BCUT2D eigenvalue weighted by Crippen LogP contribution is 2.30. The summed E-state index contributed by atoms with van der Waals surface area (Å²) in [4.78, 5) is 4.31. The number of halogens is 1. The molecule has 1 nitrogen and oxygen atoms in total. The topological polar surface area (TPSA) is 12.9 Å². The Morgan fingerprint density at radius 3 is 2.50 bits per heavy atom. The van der Waals surface area contributed by atoms with Crippen LogP contribution in [0.4, 0.5) is 0 Å². The molecule has 0 aliphatic heterocycles. The summed E-state index contributed by atoms with van der Waals surface area (Å²) in [6.07, 6.45) is 1.08. The molecule has 0 fully saturated rings. The average Bonchev–Trinajstić information content (AvgIpc) is 2.65. The van der Waals surface area contributed by atoms with Gasteiger partial charge < -0.3 is 0 Å². The van der Waals surface area contributed by atoms with Crippen molar-refractivity contribution in [3.63, 3.8) is 0 Å². The average molecular weight is 268 g/mol. The molecule has 1 aromatic heterocycles. The summed E-state index contributed by atoms with van der Waals surface area (Å²) in [6.45, 7) is 2.16. The molecule has 72 valence electrons. The Balaban J connectivity index is 2.39. The molecule has 0 aliphatic rings. The zero-order chi connectivity index (χ0) is 9.97. The molecule has 3 heteroatoms. The molecule has 0 N–H and O–H groups in total. The van der Waals surface area contributed by atoms with Gasteiger partial charge >= 0.3 is 0 Å². The fourth-order valence-corrected chi connectivity index (χ4v) is 2.43. The molecule has 0 amide bonds. The highest BCUT2D eigenvalue weighted by atomic mass is 79.9. The van der Waals surface area contributed by atoms with Gasteiger partial charge in [0.25, 0.3) is 0 Å². The van der Waals surface area contributed by atoms with E-state index < -0.39 is 0 Å². The maximum Gasteiger partial charge on any atom is 0.0976 e. The molecule has 0 aliphatic carbocycles. The van der Waals surface area contributed by atoms with Crippen LogP contribution >= 0.6 is 27.3 Å². The lowest BCUT2D eigenvalue weighted by Gasteiger charge is -1.99. The highest BCUT2D eigenvalue weighted by Gasteiger charge is 2.05. The molecule has 0 bridgehead atoms. The largest absolute Gasteiger partial charge is 0.243 e. The number of aromatic nitrogens is 1. The zero-order valence-electron chi connectivity index (χ0n) is 7.83. The summed E-state index contributed by atoms with van der Waals surface area (Å²) in [5.41, 5.74) is 5.43. The van der Waals surface area contributed by atoms with Crippen LogP contribution in [-0.2, 0) is 6.42 Å². The van der Waals surface area contributed by atoms with Gasteiger partial charge in [-0.1, -0.05) is 31.2 Å². The number of hydrogen-bond donors (Lipinski definition) is 0. The quantitative estimate of drug-likeness (QED) is 0.797. The van der Waals surface area contributed by atoms with Crippen molar-refractivity contribution < 1.29 is 0 Å². The fraction of sp³-hybridized carbons (Fsp3) is 0.182. The van der Waals surface area contributed by atoms with Crippen LogP contribution in [0.15, 0.2) is 33.6 Å². The van der Waals surface area contributed by atoms with Gasteiger partial charge in [0.15, 0.2) is 0 Å². The van der Waals surface area contributed by atoms with E-state index in [1.807, 2.05) is 5.51 Å². The minimum Gasteiger partial charge on any atom is -0.243 e. The Morgan fingerprint density at radius 2 is 2.00 bits per heavy atom. The van der Waals surface area contributed by atoms with E-state index in [1.54, 1.807) is 11.3 Å². The fourth-order valence-electron chi connectivity index (χ4n) is 1.32. The van der Waals surface area contributed by atoms with Gasteiger partial charge in [-0.15, -0.1) is 11.3 Å². The van der Waals surface area contributed by atoms with Gasteiger partial charge in [-0.25, -0.2) is 4.98 Å². The molecule has 0 spiro atoms. The molecular formula is C11H10BrNS. The van der Waals surface area contributed by atoms with E-state index in [4.69, 9.17) is 0 Å². The van der Waals surface area contributed by atoms with E-state index >= 15 is 0 Å². The van der Waals surface area contributed by atoms with Crippen molar-refractivity contribution in [2.24, 2.45) is 0 Å². The molecule has 14 heavy (non-hydrogen) atoms. The molecule has 0 saturated carbocycles. The van der Waals surface area contributed by atoms with Crippen molar-refractivity contribution in [2.45, 2.75) is 13.3 Å². The minimum atomic E-state index is 1.04. The first kappa shape index (κ1) is 9.87.